The SMILES string of the molecule is O=C(c1cnn2c(-c3ccccc3)ccnc12)N1CCc2sccc2C1. The first kappa shape index (κ1) is 15.3. The van der Waals surface area contributed by atoms with Crippen LogP contribution in [0.3, 0.4) is 0 Å². The fourth-order valence-corrected chi connectivity index (χ4v) is 4.35. The van der Waals surface area contributed by atoms with Gasteiger partial charge in [0.05, 0.1) is 11.9 Å². The molecule has 1 aliphatic heterocycles. The molecule has 26 heavy (non-hydrogen) atoms. The summed E-state index contributed by atoms with van der Waals surface area (Å²) < 4.78 is 1.75. The molecule has 0 atom stereocenters. The topological polar surface area (TPSA) is 50.5 Å². The van der Waals surface area contributed by atoms with E-state index in [-0.39, 0.29) is 5.91 Å². The van der Waals surface area contributed by atoms with Gasteiger partial charge in [-0.15, -0.1) is 11.3 Å². The number of fused-ring (bicyclic) bond motifs is 2. The van der Waals surface area contributed by atoms with Gasteiger partial charge in [-0.25, -0.2) is 9.50 Å². The van der Waals surface area contributed by atoms with E-state index in [0.29, 0.717) is 17.8 Å². The zero-order valence-electron chi connectivity index (χ0n) is 14.0. The van der Waals surface area contributed by atoms with Gasteiger partial charge in [0.2, 0.25) is 0 Å². The summed E-state index contributed by atoms with van der Waals surface area (Å²) in [6, 6.07) is 14.0. The van der Waals surface area contributed by atoms with Crippen LogP contribution in [0.5, 0.6) is 0 Å². The first-order chi connectivity index (χ1) is 12.8. The fourth-order valence-electron chi connectivity index (χ4n) is 3.46. The summed E-state index contributed by atoms with van der Waals surface area (Å²) >= 11 is 1.77. The lowest BCUT2D eigenvalue weighted by molar-refractivity contribution is 0.0737. The van der Waals surface area contributed by atoms with Gasteiger partial charge in [0.15, 0.2) is 5.65 Å². The first-order valence-corrected chi connectivity index (χ1v) is 9.42. The highest BCUT2D eigenvalue weighted by atomic mass is 32.1. The molecule has 0 bridgehead atoms. The molecule has 0 N–H and O–H groups in total. The van der Waals surface area contributed by atoms with Gasteiger partial charge in [0.25, 0.3) is 5.91 Å². The van der Waals surface area contributed by atoms with Crippen LogP contribution in [-0.4, -0.2) is 31.9 Å². The van der Waals surface area contributed by atoms with Crippen LogP contribution in [0.25, 0.3) is 16.9 Å². The molecule has 3 aromatic heterocycles. The van der Waals surface area contributed by atoms with Crippen molar-refractivity contribution in [1.82, 2.24) is 19.5 Å². The number of carbonyl (C=O) groups excluding carboxylic acids is 1. The zero-order chi connectivity index (χ0) is 17.5. The molecule has 0 fully saturated rings. The molecular weight excluding hydrogens is 344 g/mol. The highest BCUT2D eigenvalue weighted by Crippen LogP contribution is 2.26. The van der Waals surface area contributed by atoms with Crippen molar-refractivity contribution < 1.29 is 4.79 Å². The van der Waals surface area contributed by atoms with Gasteiger partial charge in [-0.2, -0.15) is 5.10 Å². The smallest absolute Gasteiger partial charge is 0.259 e. The molecule has 1 amide bonds. The standard InChI is InChI=1S/C20H16N4OS/c25-20(23-10-7-18-15(13-23)8-11-26-18)16-12-22-24-17(6-9-21-19(16)24)14-4-2-1-3-5-14/h1-6,8-9,11-12H,7,10,13H2. The summed E-state index contributed by atoms with van der Waals surface area (Å²) in [5, 5.41) is 6.55. The van der Waals surface area contributed by atoms with Crippen molar-refractivity contribution in [1.29, 1.82) is 0 Å². The number of nitrogens with zero attached hydrogens (tertiary/aromatic N) is 4. The van der Waals surface area contributed by atoms with Crippen LogP contribution in [0.4, 0.5) is 0 Å². The number of carbonyl (C=O) groups is 1. The predicted octanol–water partition coefficient (Wildman–Crippen LogP) is 3.66. The lowest BCUT2D eigenvalue weighted by Crippen LogP contribution is -2.35. The average Bonchev–Trinajstić information content (AvgIpc) is 3.34. The Morgan fingerprint density at radius 3 is 2.88 bits per heavy atom. The molecule has 5 nitrogen and oxygen atoms in total. The van der Waals surface area contributed by atoms with Crippen LogP contribution in [0.1, 0.15) is 20.8 Å². The quantitative estimate of drug-likeness (QED) is 0.548. The second-order valence-corrected chi connectivity index (χ2v) is 7.34. The summed E-state index contributed by atoms with van der Waals surface area (Å²) in [4.78, 5) is 20.8. The molecular formula is C20H16N4OS. The Labute approximate surface area is 154 Å². The minimum absolute atomic E-state index is 0.00504. The first-order valence-electron chi connectivity index (χ1n) is 8.54. The van der Waals surface area contributed by atoms with Crippen molar-refractivity contribution in [3.05, 3.63) is 76.2 Å². The Morgan fingerprint density at radius 1 is 1.12 bits per heavy atom. The maximum absolute atomic E-state index is 13.1. The van der Waals surface area contributed by atoms with E-state index in [1.165, 1.54) is 10.4 Å². The van der Waals surface area contributed by atoms with Gasteiger partial charge in [0.1, 0.15) is 5.56 Å². The number of thiophene rings is 1. The van der Waals surface area contributed by atoms with Crippen molar-refractivity contribution in [2.75, 3.05) is 6.54 Å². The summed E-state index contributed by atoms with van der Waals surface area (Å²) in [5.41, 5.74) is 4.38. The molecule has 0 spiro atoms. The molecule has 0 radical (unpaired) electrons. The van der Waals surface area contributed by atoms with E-state index in [2.05, 4.69) is 21.5 Å². The fraction of sp³-hybridized carbons (Fsp3) is 0.150. The third-order valence-corrected chi connectivity index (χ3v) is 5.82. The van der Waals surface area contributed by atoms with E-state index in [0.717, 1.165) is 24.2 Å². The van der Waals surface area contributed by atoms with Crippen LogP contribution in [0.15, 0.2) is 60.2 Å². The second-order valence-electron chi connectivity index (χ2n) is 6.34. The van der Waals surface area contributed by atoms with Crippen LogP contribution >= 0.6 is 11.3 Å². The van der Waals surface area contributed by atoms with Crippen LogP contribution < -0.4 is 0 Å². The number of hydrogen-bond acceptors (Lipinski definition) is 4. The van der Waals surface area contributed by atoms with Crippen LogP contribution in [0.2, 0.25) is 0 Å². The Bertz CT molecular complexity index is 1100. The number of aromatic nitrogens is 3. The summed E-state index contributed by atoms with van der Waals surface area (Å²) in [7, 11) is 0. The Balaban J connectivity index is 1.53. The molecule has 4 aromatic rings. The van der Waals surface area contributed by atoms with E-state index in [9.17, 15) is 4.79 Å². The lowest BCUT2D eigenvalue weighted by atomic mass is 10.1. The Kier molecular flexibility index (Phi) is 3.57. The number of hydrogen-bond donors (Lipinski definition) is 0. The third kappa shape index (κ3) is 2.42. The van der Waals surface area contributed by atoms with Gasteiger partial charge >= 0.3 is 0 Å². The van der Waals surface area contributed by atoms with Crippen molar-refractivity contribution in [3.8, 4) is 11.3 Å². The Hall–Kier alpha value is -2.99. The molecule has 6 heteroatoms. The number of rotatable bonds is 2. The van der Waals surface area contributed by atoms with E-state index in [4.69, 9.17) is 0 Å². The van der Waals surface area contributed by atoms with Gasteiger partial charge in [-0.1, -0.05) is 30.3 Å². The molecule has 1 aromatic carbocycles. The van der Waals surface area contributed by atoms with Crippen LogP contribution in [0, 0.1) is 0 Å². The van der Waals surface area contributed by atoms with Crippen molar-refractivity contribution in [2.45, 2.75) is 13.0 Å². The maximum atomic E-state index is 13.1. The summed E-state index contributed by atoms with van der Waals surface area (Å²) in [5.74, 6) is -0.00504. The van der Waals surface area contributed by atoms with Gasteiger partial charge < -0.3 is 4.90 Å². The molecule has 1 aliphatic rings. The zero-order valence-corrected chi connectivity index (χ0v) is 14.8. The van der Waals surface area contributed by atoms with E-state index < -0.39 is 0 Å². The van der Waals surface area contributed by atoms with Gasteiger partial charge in [-0.3, -0.25) is 4.79 Å². The van der Waals surface area contributed by atoms with Crippen molar-refractivity contribution >= 4 is 22.9 Å². The molecule has 4 heterocycles. The number of amides is 1. The van der Waals surface area contributed by atoms with E-state index >= 15 is 0 Å². The van der Waals surface area contributed by atoms with E-state index in [1.807, 2.05) is 41.3 Å². The van der Waals surface area contributed by atoms with Crippen molar-refractivity contribution in [2.24, 2.45) is 0 Å². The largest absolute Gasteiger partial charge is 0.334 e. The minimum Gasteiger partial charge on any atom is -0.334 e. The summed E-state index contributed by atoms with van der Waals surface area (Å²) in [6.07, 6.45) is 4.30. The number of benzene rings is 1. The molecule has 128 valence electrons. The lowest BCUT2D eigenvalue weighted by Gasteiger charge is -2.26. The molecule has 0 saturated carbocycles. The highest BCUT2D eigenvalue weighted by Gasteiger charge is 2.25. The maximum Gasteiger partial charge on any atom is 0.259 e. The van der Waals surface area contributed by atoms with Crippen LogP contribution in [-0.2, 0) is 13.0 Å². The van der Waals surface area contributed by atoms with Crippen molar-refractivity contribution in [3.63, 3.8) is 0 Å². The van der Waals surface area contributed by atoms with Gasteiger partial charge in [0, 0.05) is 29.7 Å². The molecule has 0 saturated heterocycles. The molecule has 5 rings (SSSR count). The van der Waals surface area contributed by atoms with Gasteiger partial charge in [-0.05, 0) is 29.5 Å². The third-order valence-electron chi connectivity index (χ3n) is 4.80. The minimum atomic E-state index is -0.00504. The normalized spacial score (nSPS) is 13.8. The molecule has 0 unspecified atom stereocenters. The molecule has 0 aliphatic carbocycles. The predicted molar refractivity (Wildman–Crippen MR) is 101 cm³/mol. The average molecular weight is 360 g/mol. The monoisotopic (exact) mass is 360 g/mol. The second kappa shape index (κ2) is 6.07. The summed E-state index contributed by atoms with van der Waals surface area (Å²) in [6.45, 7) is 1.40. The van der Waals surface area contributed by atoms with E-state index in [1.54, 1.807) is 28.2 Å². The Morgan fingerprint density at radius 2 is 2.00 bits per heavy atom. The highest BCUT2D eigenvalue weighted by molar-refractivity contribution is 7.10.